The van der Waals surface area contributed by atoms with Gasteiger partial charge < -0.3 is 9.73 Å². The number of halogens is 3. The van der Waals surface area contributed by atoms with E-state index in [2.05, 4.69) is 10.3 Å². The number of aromatic nitrogens is 1. The Hall–Kier alpha value is -1.96. The standard InChI is InChI=1S/C14H13F3N2O2S/c1-6-7(2)21-14(18-6)22-8(3)13(20)19-10-5-4-9(15)11(16)12(10)17/h4-5,8H,1-3H3,(H,19,20). The number of hydrogen-bond donors (Lipinski definition) is 1. The van der Waals surface area contributed by atoms with E-state index in [0.717, 1.165) is 23.9 Å². The van der Waals surface area contributed by atoms with Gasteiger partial charge in [-0.15, -0.1) is 0 Å². The Bertz CT molecular complexity index is 699. The van der Waals surface area contributed by atoms with E-state index < -0.39 is 34.3 Å². The Morgan fingerprint density at radius 3 is 2.55 bits per heavy atom. The molecular weight excluding hydrogens is 317 g/mol. The molecule has 1 unspecified atom stereocenters. The fourth-order valence-corrected chi connectivity index (χ4v) is 2.39. The lowest BCUT2D eigenvalue weighted by Gasteiger charge is -2.11. The van der Waals surface area contributed by atoms with Gasteiger partial charge in [0, 0.05) is 0 Å². The monoisotopic (exact) mass is 330 g/mol. The van der Waals surface area contributed by atoms with Gasteiger partial charge in [-0.1, -0.05) is 11.8 Å². The highest BCUT2D eigenvalue weighted by Gasteiger charge is 2.21. The molecule has 4 nitrogen and oxygen atoms in total. The maximum absolute atomic E-state index is 13.5. The number of carbonyl (C=O) groups is 1. The summed E-state index contributed by atoms with van der Waals surface area (Å²) in [5, 5.41) is 1.86. The Kier molecular flexibility index (Phi) is 4.80. The number of amides is 1. The van der Waals surface area contributed by atoms with Gasteiger partial charge in [0.05, 0.1) is 16.6 Å². The maximum atomic E-state index is 13.5. The second-order valence-electron chi connectivity index (χ2n) is 4.59. The topological polar surface area (TPSA) is 55.1 Å². The van der Waals surface area contributed by atoms with E-state index in [-0.39, 0.29) is 0 Å². The Labute approximate surface area is 129 Å². The molecule has 8 heteroatoms. The summed E-state index contributed by atoms with van der Waals surface area (Å²) < 4.78 is 44.8. The van der Waals surface area contributed by atoms with E-state index in [9.17, 15) is 18.0 Å². The molecule has 0 aliphatic carbocycles. The van der Waals surface area contributed by atoms with E-state index in [0.29, 0.717) is 16.7 Å². The molecule has 22 heavy (non-hydrogen) atoms. The molecule has 0 aliphatic heterocycles. The van der Waals surface area contributed by atoms with Gasteiger partial charge in [0.15, 0.2) is 17.5 Å². The normalized spacial score (nSPS) is 12.3. The van der Waals surface area contributed by atoms with Gasteiger partial charge in [0.1, 0.15) is 5.76 Å². The molecule has 0 fully saturated rings. The molecule has 118 valence electrons. The van der Waals surface area contributed by atoms with E-state index in [4.69, 9.17) is 4.42 Å². The second-order valence-corrected chi connectivity index (χ2v) is 5.89. The minimum atomic E-state index is -1.63. The van der Waals surface area contributed by atoms with Crippen LogP contribution in [-0.2, 0) is 4.79 Å². The van der Waals surface area contributed by atoms with Crippen molar-refractivity contribution in [1.82, 2.24) is 4.98 Å². The van der Waals surface area contributed by atoms with Crippen LogP contribution in [0.15, 0.2) is 21.8 Å². The highest BCUT2D eigenvalue weighted by Crippen LogP contribution is 2.26. The molecule has 0 spiro atoms. The van der Waals surface area contributed by atoms with Crippen LogP contribution in [0.3, 0.4) is 0 Å². The summed E-state index contributed by atoms with van der Waals surface area (Å²) in [6.07, 6.45) is 0. The minimum absolute atomic E-state index is 0.309. The summed E-state index contributed by atoms with van der Waals surface area (Å²) in [7, 11) is 0. The number of benzene rings is 1. The molecule has 1 aromatic carbocycles. The van der Waals surface area contributed by atoms with E-state index >= 15 is 0 Å². The summed E-state index contributed by atoms with van der Waals surface area (Å²) in [4.78, 5) is 16.1. The van der Waals surface area contributed by atoms with Crippen molar-refractivity contribution in [1.29, 1.82) is 0 Å². The van der Waals surface area contributed by atoms with E-state index in [1.54, 1.807) is 20.8 Å². The van der Waals surface area contributed by atoms with Crippen LogP contribution in [-0.4, -0.2) is 16.1 Å². The van der Waals surface area contributed by atoms with Gasteiger partial charge in [0.2, 0.25) is 5.91 Å². The van der Waals surface area contributed by atoms with Crippen LogP contribution < -0.4 is 5.32 Å². The molecule has 1 N–H and O–H groups in total. The third-order valence-corrected chi connectivity index (χ3v) is 3.89. The first-order chi connectivity index (χ1) is 10.3. The summed E-state index contributed by atoms with van der Waals surface area (Å²) in [5.41, 5.74) is 0.290. The van der Waals surface area contributed by atoms with Gasteiger partial charge in [-0.2, -0.15) is 0 Å². The molecule has 0 saturated heterocycles. The molecule has 0 aliphatic rings. The first-order valence-corrected chi connectivity index (χ1v) is 7.22. The fraction of sp³-hybridized carbons (Fsp3) is 0.286. The number of hydrogen-bond acceptors (Lipinski definition) is 4. The van der Waals surface area contributed by atoms with Crippen molar-refractivity contribution in [3.05, 3.63) is 41.0 Å². The lowest BCUT2D eigenvalue weighted by molar-refractivity contribution is -0.115. The van der Waals surface area contributed by atoms with Gasteiger partial charge in [-0.25, -0.2) is 18.2 Å². The number of anilines is 1. The van der Waals surface area contributed by atoms with Gasteiger partial charge in [-0.3, -0.25) is 4.79 Å². The third-order valence-electron chi connectivity index (χ3n) is 2.95. The van der Waals surface area contributed by atoms with Crippen LogP contribution in [0.4, 0.5) is 18.9 Å². The molecule has 1 atom stereocenters. The highest BCUT2D eigenvalue weighted by atomic mass is 32.2. The van der Waals surface area contributed by atoms with Crippen LogP contribution >= 0.6 is 11.8 Å². The Balaban J connectivity index is 2.07. The SMILES string of the molecule is Cc1nc(SC(C)C(=O)Nc2ccc(F)c(F)c2F)oc1C. The predicted molar refractivity (Wildman–Crippen MR) is 76.2 cm³/mol. The molecule has 2 rings (SSSR count). The summed E-state index contributed by atoms with van der Waals surface area (Å²) in [5.74, 6) is -4.32. The average molecular weight is 330 g/mol. The first-order valence-electron chi connectivity index (χ1n) is 6.34. The molecule has 1 aromatic heterocycles. The zero-order chi connectivity index (χ0) is 16.4. The zero-order valence-electron chi connectivity index (χ0n) is 12.0. The van der Waals surface area contributed by atoms with E-state index in [1.165, 1.54) is 0 Å². The summed E-state index contributed by atoms with van der Waals surface area (Å²) in [6, 6.07) is 1.70. The van der Waals surface area contributed by atoms with Crippen molar-refractivity contribution < 1.29 is 22.4 Å². The third kappa shape index (κ3) is 3.44. The van der Waals surface area contributed by atoms with Crippen LogP contribution in [0, 0.1) is 31.3 Å². The quantitative estimate of drug-likeness (QED) is 0.684. The lowest BCUT2D eigenvalue weighted by atomic mass is 10.2. The van der Waals surface area contributed by atoms with Gasteiger partial charge in [0.25, 0.3) is 5.22 Å². The molecule has 2 aromatic rings. The van der Waals surface area contributed by atoms with Crippen LogP contribution in [0.5, 0.6) is 0 Å². The number of carbonyl (C=O) groups excluding carboxylic acids is 1. The van der Waals surface area contributed by atoms with Crippen molar-refractivity contribution in [3.63, 3.8) is 0 Å². The largest absolute Gasteiger partial charge is 0.437 e. The Morgan fingerprint density at radius 1 is 1.27 bits per heavy atom. The predicted octanol–water partition coefficient (Wildman–Crippen LogP) is 3.83. The number of aryl methyl sites for hydroxylation is 2. The first kappa shape index (κ1) is 16.4. The number of rotatable bonds is 4. The van der Waals surface area contributed by atoms with E-state index in [1.807, 2.05) is 0 Å². The fourth-order valence-electron chi connectivity index (χ4n) is 1.56. The van der Waals surface area contributed by atoms with Crippen molar-refractivity contribution >= 4 is 23.4 Å². The smallest absolute Gasteiger partial charge is 0.256 e. The molecule has 1 amide bonds. The number of oxazole rings is 1. The number of nitrogens with one attached hydrogen (secondary N) is 1. The van der Waals surface area contributed by atoms with Crippen LogP contribution in [0.1, 0.15) is 18.4 Å². The highest BCUT2D eigenvalue weighted by molar-refractivity contribution is 8.00. The van der Waals surface area contributed by atoms with Crippen molar-refractivity contribution in [2.24, 2.45) is 0 Å². The average Bonchev–Trinajstić information content (AvgIpc) is 2.77. The molecule has 1 heterocycles. The summed E-state index contributed by atoms with van der Waals surface area (Å²) in [6.45, 7) is 5.07. The zero-order valence-corrected chi connectivity index (χ0v) is 12.9. The molecule has 0 radical (unpaired) electrons. The van der Waals surface area contributed by atoms with Crippen LogP contribution in [0.25, 0.3) is 0 Å². The van der Waals surface area contributed by atoms with Gasteiger partial charge >= 0.3 is 0 Å². The lowest BCUT2D eigenvalue weighted by Crippen LogP contribution is -2.23. The van der Waals surface area contributed by atoms with Crippen molar-refractivity contribution in [2.75, 3.05) is 5.32 Å². The Morgan fingerprint density at radius 2 is 1.95 bits per heavy atom. The minimum Gasteiger partial charge on any atom is -0.437 e. The number of nitrogens with zero attached hydrogens (tertiary/aromatic N) is 1. The molecule has 0 saturated carbocycles. The number of thioether (sulfide) groups is 1. The van der Waals surface area contributed by atoms with Crippen molar-refractivity contribution in [2.45, 2.75) is 31.2 Å². The molecule has 0 bridgehead atoms. The second kappa shape index (κ2) is 6.43. The van der Waals surface area contributed by atoms with Crippen molar-refractivity contribution in [3.8, 4) is 0 Å². The molecular formula is C14H13F3N2O2S. The van der Waals surface area contributed by atoms with Gasteiger partial charge in [-0.05, 0) is 32.9 Å². The maximum Gasteiger partial charge on any atom is 0.256 e. The van der Waals surface area contributed by atoms with Crippen LogP contribution in [0.2, 0.25) is 0 Å². The summed E-state index contributed by atoms with van der Waals surface area (Å²) >= 11 is 1.04.